The SMILES string of the molecule is NC(=O)N1CCC(NC(=O)C2(c3cccc(F)c3)CCCCC2)CC1. The number of halogens is 1. The van der Waals surface area contributed by atoms with E-state index in [0.717, 1.165) is 37.7 Å². The second kappa shape index (κ2) is 7.42. The van der Waals surface area contributed by atoms with Crippen LogP contribution in [0.15, 0.2) is 24.3 Å². The first-order chi connectivity index (χ1) is 12.0. The van der Waals surface area contributed by atoms with E-state index in [4.69, 9.17) is 5.73 Å². The summed E-state index contributed by atoms with van der Waals surface area (Å²) in [6, 6.07) is 6.09. The lowest BCUT2D eigenvalue weighted by molar-refractivity contribution is -0.129. The Labute approximate surface area is 147 Å². The van der Waals surface area contributed by atoms with Crippen molar-refractivity contribution in [1.82, 2.24) is 10.2 Å². The van der Waals surface area contributed by atoms with Crippen LogP contribution < -0.4 is 11.1 Å². The molecule has 2 fully saturated rings. The zero-order valence-corrected chi connectivity index (χ0v) is 14.5. The Kier molecular flexibility index (Phi) is 5.25. The lowest BCUT2D eigenvalue weighted by Gasteiger charge is -2.39. The van der Waals surface area contributed by atoms with E-state index >= 15 is 0 Å². The molecule has 2 aliphatic rings. The number of benzene rings is 1. The lowest BCUT2D eigenvalue weighted by Crippen LogP contribution is -2.53. The number of amides is 3. The molecule has 0 spiro atoms. The smallest absolute Gasteiger partial charge is 0.314 e. The quantitative estimate of drug-likeness (QED) is 0.882. The van der Waals surface area contributed by atoms with Crippen molar-refractivity contribution in [2.24, 2.45) is 5.73 Å². The second-order valence-electron chi connectivity index (χ2n) is 7.23. The standard InChI is InChI=1S/C19H26FN3O2/c20-15-6-4-5-14(13-15)19(9-2-1-3-10-19)17(24)22-16-7-11-23(12-8-16)18(21)25/h4-6,13,16H,1-3,7-12H2,(H2,21,25)(H,22,24). The van der Waals surface area contributed by atoms with Gasteiger partial charge in [0, 0.05) is 19.1 Å². The molecule has 3 N–H and O–H groups in total. The predicted octanol–water partition coefficient (Wildman–Crippen LogP) is 2.69. The molecule has 1 heterocycles. The Morgan fingerprint density at radius 2 is 1.84 bits per heavy atom. The van der Waals surface area contributed by atoms with Gasteiger partial charge in [-0.3, -0.25) is 4.79 Å². The molecule has 3 amide bonds. The predicted molar refractivity (Wildman–Crippen MR) is 93.5 cm³/mol. The number of primary amides is 1. The van der Waals surface area contributed by atoms with Crippen LogP contribution in [0.1, 0.15) is 50.5 Å². The van der Waals surface area contributed by atoms with E-state index in [1.807, 2.05) is 6.07 Å². The number of carbonyl (C=O) groups excluding carboxylic acids is 2. The molecule has 1 aliphatic carbocycles. The molecule has 0 aromatic heterocycles. The number of hydrogen-bond donors (Lipinski definition) is 2. The highest BCUT2D eigenvalue weighted by Gasteiger charge is 2.42. The third kappa shape index (κ3) is 3.78. The van der Waals surface area contributed by atoms with Crippen molar-refractivity contribution in [3.8, 4) is 0 Å². The second-order valence-corrected chi connectivity index (χ2v) is 7.23. The number of rotatable bonds is 3. The highest BCUT2D eigenvalue weighted by molar-refractivity contribution is 5.88. The molecule has 1 aliphatic heterocycles. The fourth-order valence-electron chi connectivity index (χ4n) is 4.16. The third-order valence-electron chi connectivity index (χ3n) is 5.66. The number of hydrogen-bond acceptors (Lipinski definition) is 2. The number of nitrogens with zero attached hydrogens (tertiary/aromatic N) is 1. The lowest BCUT2D eigenvalue weighted by atomic mass is 9.68. The minimum absolute atomic E-state index is 0.00433. The summed E-state index contributed by atoms with van der Waals surface area (Å²) in [5.41, 5.74) is 5.45. The molecular formula is C19H26FN3O2. The Hall–Kier alpha value is -2.11. The van der Waals surface area contributed by atoms with Crippen LogP contribution in [0.25, 0.3) is 0 Å². The van der Waals surface area contributed by atoms with Crippen molar-refractivity contribution in [3.63, 3.8) is 0 Å². The number of nitrogens with two attached hydrogens (primary N) is 1. The van der Waals surface area contributed by atoms with Gasteiger partial charge in [-0.25, -0.2) is 9.18 Å². The van der Waals surface area contributed by atoms with Gasteiger partial charge >= 0.3 is 6.03 Å². The van der Waals surface area contributed by atoms with Gasteiger partial charge in [0.15, 0.2) is 0 Å². The summed E-state index contributed by atoms with van der Waals surface area (Å²) < 4.78 is 13.8. The van der Waals surface area contributed by atoms with Gasteiger partial charge in [-0.2, -0.15) is 0 Å². The highest BCUT2D eigenvalue weighted by atomic mass is 19.1. The summed E-state index contributed by atoms with van der Waals surface area (Å²) in [4.78, 5) is 26.0. The fourth-order valence-corrected chi connectivity index (χ4v) is 4.16. The molecule has 3 rings (SSSR count). The normalized spacial score (nSPS) is 20.9. The number of piperidine rings is 1. The van der Waals surface area contributed by atoms with Crippen molar-refractivity contribution in [2.75, 3.05) is 13.1 Å². The molecule has 0 unspecified atom stereocenters. The first-order valence-electron chi connectivity index (χ1n) is 9.13. The van der Waals surface area contributed by atoms with E-state index in [1.165, 1.54) is 12.1 Å². The molecule has 0 radical (unpaired) electrons. The number of carbonyl (C=O) groups is 2. The van der Waals surface area contributed by atoms with Crippen molar-refractivity contribution >= 4 is 11.9 Å². The molecule has 0 atom stereocenters. The maximum atomic E-state index is 13.8. The molecule has 136 valence electrons. The first kappa shape index (κ1) is 17.7. The molecule has 25 heavy (non-hydrogen) atoms. The molecule has 6 heteroatoms. The summed E-state index contributed by atoms with van der Waals surface area (Å²) in [6.07, 6.45) is 5.97. The van der Waals surface area contributed by atoms with Gasteiger partial charge in [0.25, 0.3) is 0 Å². The van der Waals surface area contributed by atoms with Crippen molar-refractivity contribution in [3.05, 3.63) is 35.6 Å². The summed E-state index contributed by atoms with van der Waals surface area (Å²) in [5, 5.41) is 3.17. The van der Waals surface area contributed by atoms with Gasteiger partial charge in [-0.1, -0.05) is 31.4 Å². The molecule has 0 bridgehead atoms. The van der Waals surface area contributed by atoms with Gasteiger partial charge in [0.2, 0.25) is 5.91 Å². The minimum atomic E-state index is -0.638. The van der Waals surface area contributed by atoms with Crippen LogP contribution >= 0.6 is 0 Å². The van der Waals surface area contributed by atoms with Crippen molar-refractivity contribution in [1.29, 1.82) is 0 Å². The Balaban J connectivity index is 1.73. The fraction of sp³-hybridized carbons (Fsp3) is 0.579. The van der Waals surface area contributed by atoms with Crippen LogP contribution in [-0.4, -0.2) is 36.0 Å². The molecule has 5 nitrogen and oxygen atoms in total. The summed E-state index contributed by atoms with van der Waals surface area (Å²) in [7, 11) is 0. The van der Waals surface area contributed by atoms with Gasteiger partial charge < -0.3 is 16.0 Å². The van der Waals surface area contributed by atoms with Gasteiger partial charge in [-0.05, 0) is 43.4 Å². The number of urea groups is 1. The number of nitrogens with one attached hydrogen (secondary N) is 1. The third-order valence-corrected chi connectivity index (χ3v) is 5.66. The first-order valence-corrected chi connectivity index (χ1v) is 9.13. The molecule has 1 aromatic carbocycles. The molecule has 1 saturated carbocycles. The van der Waals surface area contributed by atoms with Crippen LogP contribution in [0.2, 0.25) is 0 Å². The zero-order chi connectivity index (χ0) is 17.9. The Morgan fingerprint density at radius 1 is 1.16 bits per heavy atom. The average Bonchev–Trinajstić information content (AvgIpc) is 2.62. The van der Waals surface area contributed by atoms with E-state index < -0.39 is 11.4 Å². The Morgan fingerprint density at radius 3 is 2.44 bits per heavy atom. The van der Waals surface area contributed by atoms with Crippen LogP contribution in [0.5, 0.6) is 0 Å². The van der Waals surface area contributed by atoms with Crippen LogP contribution in [0, 0.1) is 5.82 Å². The average molecular weight is 347 g/mol. The van der Waals surface area contributed by atoms with Gasteiger partial charge in [0.1, 0.15) is 5.82 Å². The van der Waals surface area contributed by atoms with E-state index in [-0.39, 0.29) is 17.8 Å². The zero-order valence-electron chi connectivity index (χ0n) is 14.5. The van der Waals surface area contributed by atoms with Crippen molar-refractivity contribution < 1.29 is 14.0 Å². The molecule has 1 aromatic rings. The summed E-state index contributed by atoms with van der Waals surface area (Å²) in [6.45, 7) is 1.13. The number of likely N-dealkylation sites (tertiary alicyclic amines) is 1. The largest absolute Gasteiger partial charge is 0.352 e. The van der Waals surface area contributed by atoms with E-state index in [2.05, 4.69) is 5.32 Å². The maximum Gasteiger partial charge on any atom is 0.314 e. The summed E-state index contributed by atoms with van der Waals surface area (Å²) >= 11 is 0. The monoisotopic (exact) mass is 347 g/mol. The van der Waals surface area contributed by atoms with Crippen LogP contribution in [-0.2, 0) is 10.2 Å². The van der Waals surface area contributed by atoms with Crippen LogP contribution in [0.3, 0.4) is 0 Å². The van der Waals surface area contributed by atoms with Crippen LogP contribution in [0.4, 0.5) is 9.18 Å². The topological polar surface area (TPSA) is 75.4 Å². The van der Waals surface area contributed by atoms with Gasteiger partial charge in [-0.15, -0.1) is 0 Å². The highest BCUT2D eigenvalue weighted by Crippen LogP contribution is 2.40. The summed E-state index contributed by atoms with van der Waals surface area (Å²) in [5.74, 6) is -0.305. The molecular weight excluding hydrogens is 321 g/mol. The Bertz CT molecular complexity index is 635. The minimum Gasteiger partial charge on any atom is -0.352 e. The van der Waals surface area contributed by atoms with Gasteiger partial charge in [0.05, 0.1) is 5.41 Å². The van der Waals surface area contributed by atoms with E-state index in [1.54, 1.807) is 11.0 Å². The maximum absolute atomic E-state index is 13.8. The van der Waals surface area contributed by atoms with E-state index in [0.29, 0.717) is 25.9 Å². The van der Waals surface area contributed by atoms with E-state index in [9.17, 15) is 14.0 Å². The molecule has 1 saturated heterocycles. The van der Waals surface area contributed by atoms with Crippen molar-refractivity contribution in [2.45, 2.75) is 56.4 Å².